The van der Waals surface area contributed by atoms with Crippen LogP contribution in [0.3, 0.4) is 0 Å². The minimum atomic E-state index is 0.319. The molecule has 32 heavy (non-hydrogen) atoms. The van der Waals surface area contributed by atoms with Gasteiger partial charge in [-0.15, -0.1) is 0 Å². The first kappa shape index (κ1) is 22.5. The lowest BCUT2D eigenvalue weighted by atomic mass is 10.0. The molecule has 0 aliphatic carbocycles. The van der Waals surface area contributed by atoms with Crippen LogP contribution in [0.2, 0.25) is 0 Å². The molecule has 0 saturated carbocycles. The fourth-order valence-corrected chi connectivity index (χ4v) is 4.46. The fraction of sp³-hybridized carbons (Fsp3) is 0.0769. The second kappa shape index (κ2) is 10.7. The molecule has 1 heterocycles. The maximum Gasteiger partial charge on any atom is 0.153 e. The van der Waals surface area contributed by atoms with Crippen molar-refractivity contribution in [2.75, 3.05) is 0 Å². The van der Waals surface area contributed by atoms with E-state index in [0.717, 1.165) is 36.6 Å². The molecule has 0 saturated heterocycles. The van der Waals surface area contributed by atoms with Gasteiger partial charge in [-0.1, -0.05) is 54.6 Å². The number of ether oxygens (including phenoxy) is 2. The Morgan fingerprint density at radius 3 is 2.47 bits per heavy atom. The lowest BCUT2D eigenvalue weighted by molar-refractivity contribution is 0.111. The average molecular weight is 600 g/mol. The molecule has 0 radical (unpaired) electrons. The average Bonchev–Trinajstić information content (AvgIpc) is 2.84. The van der Waals surface area contributed by atoms with Gasteiger partial charge in [0.1, 0.15) is 24.7 Å². The molecule has 0 spiro atoms. The second-order valence-corrected chi connectivity index (χ2v) is 8.98. The van der Waals surface area contributed by atoms with Crippen molar-refractivity contribution in [3.05, 3.63) is 110 Å². The number of carbonyl (C=O) groups is 1. The zero-order chi connectivity index (χ0) is 22.3. The van der Waals surface area contributed by atoms with Gasteiger partial charge in [-0.2, -0.15) is 0 Å². The highest BCUT2D eigenvalue weighted by Gasteiger charge is 2.13. The third kappa shape index (κ3) is 5.37. The molecule has 0 aliphatic heterocycles. The number of hydrogen-bond donors (Lipinski definition) is 0. The van der Waals surface area contributed by atoms with Crippen LogP contribution in [0, 0.1) is 3.57 Å². The van der Waals surface area contributed by atoms with Crippen LogP contribution in [0.4, 0.5) is 0 Å². The number of rotatable bonds is 8. The molecule has 0 aliphatic rings. The molecule has 0 bridgehead atoms. The standard InChI is InChI=1S/C26H19BrINO3/c27-26-20(9-4-10-22(26)19-7-2-1-3-8-19)17-32-25-13-24(21(15-30)12-23(25)28)31-16-18-6-5-11-29-14-18/h1-15H,16-17H2. The largest absolute Gasteiger partial charge is 0.488 e. The lowest BCUT2D eigenvalue weighted by Crippen LogP contribution is -2.03. The molecule has 4 rings (SSSR count). The highest BCUT2D eigenvalue weighted by molar-refractivity contribution is 14.1. The summed E-state index contributed by atoms with van der Waals surface area (Å²) in [5.41, 5.74) is 4.68. The normalized spacial score (nSPS) is 10.6. The quantitative estimate of drug-likeness (QED) is 0.160. The van der Waals surface area contributed by atoms with Gasteiger partial charge >= 0.3 is 0 Å². The van der Waals surface area contributed by atoms with E-state index >= 15 is 0 Å². The van der Waals surface area contributed by atoms with E-state index in [2.05, 4.69) is 61.7 Å². The van der Waals surface area contributed by atoms with E-state index in [-0.39, 0.29) is 0 Å². The summed E-state index contributed by atoms with van der Waals surface area (Å²) in [6.07, 6.45) is 4.24. The van der Waals surface area contributed by atoms with Gasteiger partial charge in [0.05, 0.1) is 9.13 Å². The molecule has 3 aromatic carbocycles. The lowest BCUT2D eigenvalue weighted by Gasteiger charge is -2.15. The van der Waals surface area contributed by atoms with Crippen LogP contribution < -0.4 is 9.47 Å². The van der Waals surface area contributed by atoms with Crippen LogP contribution in [0.25, 0.3) is 11.1 Å². The van der Waals surface area contributed by atoms with Crippen LogP contribution >= 0.6 is 38.5 Å². The molecule has 0 fully saturated rings. The maximum atomic E-state index is 11.6. The zero-order valence-corrected chi connectivity index (χ0v) is 20.7. The Balaban J connectivity index is 1.54. The summed E-state index contributed by atoms with van der Waals surface area (Å²) in [6, 6.07) is 23.7. The van der Waals surface area contributed by atoms with Crippen LogP contribution in [0.1, 0.15) is 21.5 Å². The number of hydrogen-bond acceptors (Lipinski definition) is 4. The molecular formula is C26H19BrINO3. The second-order valence-electron chi connectivity index (χ2n) is 7.02. The number of aldehydes is 1. The first-order valence-corrected chi connectivity index (χ1v) is 11.8. The molecule has 0 unspecified atom stereocenters. The predicted molar refractivity (Wildman–Crippen MR) is 137 cm³/mol. The summed E-state index contributed by atoms with van der Waals surface area (Å²) in [5.74, 6) is 1.14. The highest BCUT2D eigenvalue weighted by Crippen LogP contribution is 2.34. The highest BCUT2D eigenvalue weighted by atomic mass is 127. The van der Waals surface area contributed by atoms with Crippen molar-refractivity contribution in [3.8, 4) is 22.6 Å². The van der Waals surface area contributed by atoms with E-state index in [1.807, 2.05) is 42.5 Å². The van der Waals surface area contributed by atoms with Crippen molar-refractivity contribution >= 4 is 44.8 Å². The monoisotopic (exact) mass is 599 g/mol. The molecule has 0 N–H and O–H groups in total. The molecule has 0 atom stereocenters. The number of pyridine rings is 1. The Bertz CT molecular complexity index is 1220. The van der Waals surface area contributed by atoms with Crippen LogP contribution in [-0.4, -0.2) is 11.3 Å². The van der Waals surface area contributed by atoms with E-state index in [0.29, 0.717) is 30.3 Å². The number of benzene rings is 3. The van der Waals surface area contributed by atoms with E-state index in [1.165, 1.54) is 0 Å². The van der Waals surface area contributed by atoms with Gasteiger partial charge < -0.3 is 9.47 Å². The Hall–Kier alpha value is -2.71. The van der Waals surface area contributed by atoms with Crippen molar-refractivity contribution in [2.24, 2.45) is 0 Å². The molecule has 160 valence electrons. The summed E-state index contributed by atoms with van der Waals surface area (Å²) in [4.78, 5) is 15.6. The van der Waals surface area contributed by atoms with Gasteiger partial charge in [-0.3, -0.25) is 9.78 Å². The van der Waals surface area contributed by atoms with Gasteiger partial charge in [-0.05, 0) is 61.8 Å². The first-order chi connectivity index (χ1) is 15.7. The maximum absolute atomic E-state index is 11.6. The topological polar surface area (TPSA) is 48.4 Å². The molecule has 0 amide bonds. The molecule has 4 nitrogen and oxygen atoms in total. The number of halogens is 2. The minimum absolute atomic E-state index is 0.319. The predicted octanol–water partition coefficient (Wildman–Crippen LogP) is 7.09. The first-order valence-electron chi connectivity index (χ1n) is 9.91. The van der Waals surface area contributed by atoms with Crippen LogP contribution in [-0.2, 0) is 13.2 Å². The van der Waals surface area contributed by atoms with Gasteiger partial charge in [0.2, 0.25) is 0 Å². The van der Waals surface area contributed by atoms with E-state index < -0.39 is 0 Å². The van der Waals surface area contributed by atoms with E-state index in [4.69, 9.17) is 9.47 Å². The Morgan fingerprint density at radius 2 is 1.72 bits per heavy atom. The number of aromatic nitrogens is 1. The Kier molecular flexibility index (Phi) is 7.55. The summed E-state index contributed by atoms with van der Waals surface area (Å²) >= 11 is 5.91. The number of carbonyl (C=O) groups excluding carboxylic acids is 1. The van der Waals surface area contributed by atoms with Gasteiger partial charge in [0.15, 0.2) is 6.29 Å². The van der Waals surface area contributed by atoms with Gasteiger partial charge in [0, 0.05) is 34.1 Å². The van der Waals surface area contributed by atoms with Crippen molar-refractivity contribution in [3.63, 3.8) is 0 Å². The van der Waals surface area contributed by atoms with Gasteiger partial charge in [0.25, 0.3) is 0 Å². The van der Waals surface area contributed by atoms with E-state index in [9.17, 15) is 4.79 Å². The van der Waals surface area contributed by atoms with Crippen LogP contribution in [0.5, 0.6) is 11.5 Å². The fourth-order valence-electron chi connectivity index (χ4n) is 3.21. The summed E-state index contributed by atoms with van der Waals surface area (Å²) in [7, 11) is 0. The van der Waals surface area contributed by atoms with Crippen molar-refractivity contribution < 1.29 is 14.3 Å². The summed E-state index contributed by atoms with van der Waals surface area (Å²) in [5, 5.41) is 0. The van der Waals surface area contributed by atoms with E-state index in [1.54, 1.807) is 24.5 Å². The third-order valence-electron chi connectivity index (χ3n) is 4.86. The molecule has 1 aromatic heterocycles. The van der Waals surface area contributed by atoms with Crippen LogP contribution in [0.15, 0.2) is 89.7 Å². The van der Waals surface area contributed by atoms with Gasteiger partial charge in [-0.25, -0.2) is 0 Å². The molecule has 6 heteroatoms. The zero-order valence-electron chi connectivity index (χ0n) is 17.0. The van der Waals surface area contributed by atoms with Crippen molar-refractivity contribution in [1.29, 1.82) is 0 Å². The molecular weight excluding hydrogens is 581 g/mol. The van der Waals surface area contributed by atoms with Crippen molar-refractivity contribution in [2.45, 2.75) is 13.2 Å². The van der Waals surface area contributed by atoms with Crippen molar-refractivity contribution in [1.82, 2.24) is 4.98 Å². The summed E-state index contributed by atoms with van der Waals surface area (Å²) < 4.78 is 13.9. The minimum Gasteiger partial charge on any atom is -0.488 e. The smallest absolute Gasteiger partial charge is 0.153 e. The Labute approximate surface area is 208 Å². The Morgan fingerprint density at radius 1 is 0.906 bits per heavy atom. The number of nitrogens with zero attached hydrogens (tertiary/aromatic N) is 1. The summed E-state index contributed by atoms with van der Waals surface area (Å²) in [6.45, 7) is 0.694. The molecule has 4 aromatic rings. The SMILES string of the molecule is O=Cc1cc(I)c(OCc2cccc(-c3ccccc3)c2Br)cc1OCc1cccnc1. The third-order valence-corrected chi connectivity index (χ3v) is 6.63.